The fraction of sp³-hybridized carbons (Fsp3) is 0.235. The Hall–Kier alpha value is -2.73. The van der Waals surface area contributed by atoms with Crippen molar-refractivity contribution in [3.63, 3.8) is 0 Å². The van der Waals surface area contributed by atoms with Crippen molar-refractivity contribution in [1.29, 1.82) is 0 Å². The molecule has 1 aliphatic heterocycles. The summed E-state index contributed by atoms with van der Waals surface area (Å²) in [5.41, 5.74) is 2.73. The summed E-state index contributed by atoms with van der Waals surface area (Å²) >= 11 is 0. The number of hydrogen-bond donors (Lipinski definition) is 0. The number of rotatable bonds is 3. The van der Waals surface area contributed by atoms with Gasteiger partial charge >= 0.3 is 0 Å². The third kappa shape index (κ3) is 2.80. The van der Waals surface area contributed by atoms with Gasteiger partial charge < -0.3 is 14.1 Å². The molecule has 116 valence electrons. The minimum atomic E-state index is 0.700. The number of nitrogens with zero attached hydrogens (tertiary/aromatic N) is 4. The minimum Gasteiger partial charge on any atom is -0.463 e. The summed E-state index contributed by atoms with van der Waals surface area (Å²) in [7, 11) is 0. The van der Waals surface area contributed by atoms with E-state index >= 15 is 0 Å². The van der Waals surface area contributed by atoms with Gasteiger partial charge in [-0.25, -0.2) is 9.97 Å². The topological polar surface area (TPSA) is 64.3 Å². The second kappa shape index (κ2) is 6.18. The Morgan fingerprint density at radius 3 is 2.61 bits per heavy atom. The predicted molar refractivity (Wildman–Crippen MR) is 86.0 cm³/mol. The molecule has 1 aliphatic rings. The molecule has 0 aliphatic carbocycles. The smallest absolute Gasteiger partial charge is 0.226 e. The van der Waals surface area contributed by atoms with Crippen molar-refractivity contribution >= 4 is 5.95 Å². The van der Waals surface area contributed by atoms with Crippen molar-refractivity contribution in [2.24, 2.45) is 0 Å². The lowest BCUT2D eigenvalue weighted by atomic mass is 10.1. The van der Waals surface area contributed by atoms with Gasteiger partial charge in [0, 0.05) is 37.2 Å². The molecule has 4 rings (SSSR count). The van der Waals surface area contributed by atoms with Crippen molar-refractivity contribution in [1.82, 2.24) is 15.0 Å². The number of hydrogen-bond acceptors (Lipinski definition) is 6. The van der Waals surface area contributed by atoms with E-state index in [1.165, 1.54) is 0 Å². The Bertz CT molecular complexity index is 769. The lowest BCUT2D eigenvalue weighted by Gasteiger charge is -2.27. The predicted octanol–water partition coefficient (Wildman–Crippen LogP) is 2.64. The molecule has 23 heavy (non-hydrogen) atoms. The van der Waals surface area contributed by atoms with Crippen LogP contribution in [0, 0.1) is 0 Å². The molecule has 0 saturated carbocycles. The summed E-state index contributed by atoms with van der Waals surface area (Å²) in [4.78, 5) is 15.5. The van der Waals surface area contributed by atoms with Crippen molar-refractivity contribution in [2.45, 2.75) is 0 Å². The second-order valence-corrected chi connectivity index (χ2v) is 5.24. The molecule has 1 saturated heterocycles. The van der Waals surface area contributed by atoms with Crippen LogP contribution in [-0.2, 0) is 4.74 Å². The SMILES string of the molecule is c1coc(-c2nc(N3CCOCC3)ncc2-c2ccncc2)c1. The van der Waals surface area contributed by atoms with E-state index in [1.54, 1.807) is 18.7 Å². The molecule has 0 aromatic carbocycles. The van der Waals surface area contributed by atoms with Gasteiger partial charge in [-0.3, -0.25) is 4.98 Å². The molecule has 0 spiro atoms. The number of aromatic nitrogens is 3. The van der Waals surface area contributed by atoms with Crippen LogP contribution in [0.1, 0.15) is 0 Å². The zero-order valence-corrected chi connectivity index (χ0v) is 12.6. The van der Waals surface area contributed by atoms with Crippen LogP contribution in [0.15, 0.2) is 53.5 Å². The van der Waals surface area contributed by atoms with Gasteiger partial charge in [-0.2, -0.15) is 0 Å². The Morgan fingerprint density at radius 2 is 1.87 bits per heavy atom. The first-order valence-corrected chi connectivity index (χ1v) is 7.56. The summed E-state index contributed by atoms with van der Waals surface area (Å²) in [6.07, 6.45) is 7.03. The number of ether oxygens (including phenoxy) is 1. The summed E-state index contributed by atoms with van der Waals surface area (Å²) in [5.74, 6) is 1.44. The van der Waals surface area contributed by atoms with Crippen LogP contribution in [0.25, 0.3) is 22.6 Å². The monoisotopic (exact) mass is 308 g/mol. The zero-order valence-electron chi connectivity index (χ0n) is 12.6. The lowest BCUT2D eigenvalue weighted by molar-refractivity contribution is 0.122. The molecule has 3 aromatic heterocycles. The van der Waals surface area contributed by atoms with E-state index in [0.717, 1.165) is 35.7 Å². The van der Waals surface area contributed by atoms with E-state index in [1.807, 2.05) is 30.5 Å². The van der Waals surface area contributed by atoms with Crippen LogP contribution in [0.5, 0.6) is 0 Å². The molecule has 0 bridgehead atoms. The van der Waals surface area contributed by atoms with Crippen molar-refractivity contribution < 1.29 is 9.15 Å². The van der Waals surface area contributed by atoms with Gasteiger partial charge in [0.25, 0.3) is 0 Å². The van der Waals surface area contributed by atoms with E-state index in [4.69, 9.17) is 14.1 Å². The van der Waals surface area contributed by atoms with Crippen LogP contribution in [-0.4, -0.2) is 41.3 Å². The van der Waals surface area contributed by atoms with Gasteiger partial charge in [-0.1, -0.05) is 0 Å². The van der Waals surface area contributed by atoms with Crippen molar-refractivity contribution in [2.75, 3.05) is 31.2 Å². The highest BCUT2D eigenvalue weighted by atomic mass is 16.5. The Labute approximate surface area is 133 Å². The average molecular weight is 308 g/mol. The Kier molecular flexibility index (Phi) is 3.73. The minimum absolute atomic E-state index is 0.700. The molecule has 0 amide bonds. The maximum atomic E-state index is 5.57. The summed E-state index contributed by atoms with van der Waals surface area (Å²) in [6, 6.07) is 7.66. The molecular formula is C17H16N4O2. The van der Waals surface area contributed by atoms with E-state index in [-0.39, 0.29) is 0 Å². The maximum absolute atomic E-state index is 5.57. The van der Waals surface area contributed by atoms with Gasteiger partial charge in [0.05, 0.1) is 19.5 Å². The highest BCUT2D eigenvalue weighted by molar-refractivity contribution is 5.78. The first-order chi connectivity index (χ1) is 11.4. The summed E-state index contributed by atoms with van der Waals surface area (Å²) in [5, 5.41) is 0. The van der Waals surface area contributed by atoms with E-state index in [2.05, 4.69) is 14.9 Å². The molecule has 6 nitrogen and oxygen atoms in total. The maximum Gasteiger partial charge on any atom is 0.226 e. The Morgan fingerprint density at radius 1 is 1.04 bits per heavy atom. The van der Waals surface area contributed by atoms with E-state index in [9.17, 15) is 0 Å². The first kappa shape index (κ1) is 13.9. The van der Waals surface area contributed by atoms with Crippen molar-refractivity contribution in [3.8, 4) is 22.6 Å². The highest BCUT2D eigenvalue weighted by Crippen LogP contribution is 2.31. The zero-order chi connectivity index (χ0) is 15.5. The number of anilines is 1. The second-order valence-electron chi connectivity index (χ2n) is 5.24. The highest BCUT2D eigenvalue weighted by Gasteiger charge is 2.18. The van der Waals surface area contributed by atoms with E-state index in [0.29, 0.717) is 19.2 Å². The average Bonchev–Trinajstić information content (AvgIpc) is 3.17. The summed E-state index contributed by atoms with van der Waals surface area (Å²) < 4.78 is 11.0. The van der Waals surface area contributed by atoms with Crippen LogP contribution in [0.3, 0.4) is 0 Å². The number of pyridine rings is 1. The normalized spacial score (nSPS) is 14.9. The quantitative estimate of drug-likeness (QED) is 0.741. The number of furan rings is 1. The lowest BCUT2D eigenvalue weighted by Crippen LogP contribution is -2.37. The molecule has 0 radical (unpaired) electrons. The van der Waals surface area contributed by atoms with Gasteiger partial charge in [0.2, 0.25) is 5.95 Å². The van der Waals surface area contributed by atoms with Crippen molar-refractivity contribution in [3.05, 3.63) is 49.1 Å². The largest absolute Gasteiger partial charge is 0.463 e. The summed E-state index contributed by atoms with van der Waals surface area (Å²) in [6.45, 7) is 3.00. The molecular weight excluding hydrogens is 292 g/mol. The molecule has 4 heterocycles. The Balaban J connectivity index is 1.80. The van der Waals surface area contributed by atoms with Gasteiger partial charge in [-0.15, -0.1) is 0 Å². The standard InChI is InChI=1S/C17H16N4O2/c1-2-15(23-9-1)16-14(13-3-5-18-6-4-13)12-19-17(20-16)21-7-10-22-11-8-21/h1-6,9,12H,7-8,10-11H2. The first-order valence-electron chi connectivity index (χ1n) is 7.56. The molecule has 0 atom stereocenters. The number of morpholine rings is 1. The van der Waals surface area contributed by atoms with Crippen LogP contribution >= 0.6 is 0 Å². The molecule has 3 aromatic rings. The van der Waals surface area contributed by atoms with Gasteiger partial charge in [0.1, 0.15) is 5.69 Å². The fourth-order valence-corrected chi connectivity index (χ4v) is 2.63. The van der Waals surface area contributed by atoms with Crippen LogP contribution in [0.2, 0.25) is 0 Å². The third-order valence-electron chi connectivity index (χ3n) is 3.82. The van der Waals surface area contributed by atoms with E-state index < -0.39 is 0 Å². The third-order valence-corrected chi connectivity index (χ3v) is 3.82. The van der Waals surface area contributed by atoms with Gasteiger partial charge in [0.15, 0.2) is 5.76 Å². The molecule has 6 heteroatoms. The molecule has 1 fully saturated rings. The molecule has 0 unspecified atom stereocenters. The van der Waals surface area contributed by atoms with Gasteiger partial charge in [-0.05, 0) is 29.8 Å². The fourth-order valence-electron chi connectivity index (χ4n) is 2.63. The van der Waals surface area contributed by atoms with Crippen LogP contribution in [0.4, 0.5) is 5.95 Å². The molecule has 0 N–H and O–H groups in total. The van der Waals surface area contributed by atoms with Crippen LogP contribution < -0.4 is 4.90 Å².